The number of benzene rings is 2. The highest BCUT2D eigenvalue weighted by Gasteiger charge is 2.23. The van der Waals surface area contributed by atoms with Crippen LogP contribution in [0.2, 0.25) is 0 Å². The Bertz CT molecular complexity index is 1600. The van der Waals surface area contributed by atoms with Crippen LogP contribution in [0.1, 0.15) is 0 Å². The van der Waals surface area contributed by atoms with E-state index in [1.807, 2.05) is 0 Å². The van der Waals surface area contributed by atoms with Gasteiger partial charge in [-0.2, -0.15) is 16.8 Å². The zero-order valence-corrected chi connectivity index (χ0v) is 24.5. The highest BCUT2D eigenvalue weighted by molar-refractivity contribution is 7.91. The van der Waals surface area contributed by atoms with Gasteiger partial charge < -0.3 is 25.7 Å². The lowest BCUT2D eigenvalue weighted by molar-refractivity contribution is 0.282. The van der Waals surface area contributed by atoms with Crippen LogP contribution in [-0.2, 0) is 48.8 Å². The van der Waals surface area contributed by atoms with Gasteiger partial charge in [-0.15, -0.1) is 0 Å². The first kappa shape index (κ1) is 35.1. The first-order chi connectivity index (χ1) is 18.3. The van der Waals surface area contributed by atoms with Gasteiger partial charge in [0.05, 0.1) is 62.3 Å². The predicted octanol–water partition coefficient (Wildman–Crippen LogP) is -0.250. The standard InChI is InChI=1S/C10H15NO8S2.C9H13NO7S2/c1-17-8-6-10(9(18-2)5-7(8)11)20(12,13)4-3-19-21(14,15)16;1-16-9-3-2-7(6-8(9)10)18(11,12)5-4-17-19(13,14)15/h5-6H,3-4,11H2,1-2H3,(H,14,15,16);2-3,6H,4-5,10H2,1H3,(H,13,14,15). The summed E-state index contributed by atoms with van der Waals surface area (Å²) < 4.78 is 129. The van der Waals surface area contributed by atoms with E-state index in [0.717, 1.165) is 6.07 Å². The molecular formula is C19H28N2O15S4. The van der Waals surface area contributed by atoms with Crippen molar-refractivity contribution in [2.24, 2.45) is 0 Å². The summed E-state index contributed by atoms with van der Waals surface area (Å²) in [6.07, 6.45) is 0. The normalized spacial score (nSPS) is 12.2. The lowest BCUT2D eigenvalue weighted by Gasteiger charge is -2.13. The molecule has 0 aliphatic carbocycles. The second-order valence-electron chi connectivity index (χ2n) is 7.29. The van der Waals surface area contributed by atoms with Gasteiger partial charge in [-0.05, 0) is 18.2 Å². The van der Waals surface area contributed by atoms with Crippen LogP contribution in [0.25, 0.3) is 0 Å². The summed E-state index contributed by atoms with van der Waals surface area (Å²) in [6, 6.07) is 6.29. The first-order valence-corrected chi connectivity index (χ1v) is 16.4. The SMILES string of the molecule is COc1cc(S(=O)(=O)CCOS(=O)(=O)O)c(OC)cc1N.COc1ccc(S(=O)(=O)CCOS(=O)(=O)O)cc1N. The molecule has 0 radical (unpaired) electrons. The second-order valence-corrected chi connectivity index (χ2v) is 13.7. The molecule has 0 aromatic heterocycles. The number of hydrogen-bond acceptors (Lipinski definition) is 15. The summed E-state index contributed by atoms with van der Waals surface area (Å²) in [4.78, 5) is -0.320. The molecule has 0 aliphatic heterocycles. The highest BCUT2D eigenvalue weighted by Crippen LogP contribution is 2.34. The fourth-order valence-corrected chi connectivity index (χ4v) is 5.95. The van der Waals surface area contributed by atoms with E-state index in [1.165, 1.54) is 45.6 Å². The van der Waals surface area contributed by atoms with E-state index in [9.17, 15) is 33.7 Å². The van der Waals surface area contributed by atoms with Crippen molar-refractivity contribution in [1.82, 2.24) is 0 Å². The molecule has 0 saturated carbocycles. The minimum absolute atomic E-state index is 0.0137. The largest absolute Gasteiger partial charge is 0.495 e. The van der Waals surface area contributed by atoms with Crippen molar-refractivity contribution >= 4 is 51.8 Å². The molecule has 2 aromatic rings. The van der Waals surface area contributed by atoms with E-state index in [0.29, 0.717) is 5.75 Å². The number of anilines is 2. The average molecular weight is 653 g/mol. The third-order valence-corrected chi connectivity index (χ3v) is 8.88. The molecule has 0 bridgehead atoms. The van der Waals surface area contributed by atoms with E-state index in [-0.39, 0.29) is 32.7 Å². The maximum atomic E-state index is 12.1. The minimum atomic E-state index is -4.70. The predicted molar refractivity (Wildman–Crippen MR) is 140 cm³/mol. The van der Waals surface area contributed by atoms with Crippen molar-refractivity contribution in [2.45, 2.75) is 9.79 Å². The van der Waals surface area contributed by atoms with Crippen molar-refractivity contribution in [2.75, 3.05) is 57.5 Å². The van der Waals surface area contributed by atoms with Gasteiger partial charge in [-0.25, -0.2) is 25.2 Å². The van der Waals surface area contributed by atoms with Crippen LogP contribution in [0.5, 0.6) is 17.2 Å². The van der Waals surface area contributed by atoms with Gasteiger partial charge in [0, 0.05) is 12.1 Å². The van der Waals surface area contributed by atoms with Crippen molar-refractivity contribution in [3.8, 4) is 17.2 Å². The molecule has 6 N–H and O–H groups in total. The van der Waals surface area contributed by atoms with Gasteiger partial charge in [-0.3, -0.25) is 9.11 Å². The van der Waals surface area contributed by atoms with Crippen molar-refractivity contribution in [3.05, 3.63) is 30.3 Å². The summed E-state index contributed by atoms with van der Waals surface area (Å²) >= 11 is 0. The van der Waals surface area contributed by atoms with E-state index in [2.05, 4.69) is 8.37 Å². The third-order valence-electron chi connectivity index (χ3n) is 4.58. The topological polar surface area (TPSA) is 275 Å². The van der Waals surface area contributed by atoms with Crippen LogP contribution in [0, 0.1) is 0 Å². The molecule has 2 rings (SSSR count). The monoisotopic (exact) mass is 652 g/mol. The summed E-state index contributed by atoms with van der Waals surface area (Å²) in [5, 5.41) is 0. The summed E-state index contributed by atoms with van der Waals surface area (Å²) in [6.45, 7) is -1.43. The number of methoxy groups -OCH3 is 3. The van der Waals surface area contributed by atoms with Crippen LogP contribution in [0.3, 0.4) is 0 Å². The zero-order valence-electron chi connectivity index (χ0n) is 21.2. The Labute approximate surface area is 231 Å². The molecule has 0 fully saturated rings. The van der Waals surface area contributed by atoms with Crippen molar-refractivity contribution < 1.29 is 65.4 Å². The molecule has 0 spiro atoms. The molecule has 21 heteroatoms. The first-order valence-electron chi connectivity index (χ1n) is 10.4. The van der Waals surface area contributed by atoms with E-state index < -0.39 is 65.2 Å². The molecule has 17 nitrogen and oxygen atoms in total. The Morgan fingerprint density at radius 2 is 1.07 bits per heavy atom. The maximum absolute atomic E-state index is 12.1. The minimum Gasteiger partial charge on any atom is -0.495 e. The van der Waals surface area contributed by atoms with Crippen LogP contribution in [0.15, 0.2) is 40.1 Å². The molecule has 0 saturated heterocycles. The number of sulfone groups is 2. The molecule has 2 aromatic carbocycles. The van der Waals surface area contributed by atoms with Crippen molar-refractivity contribution in [1.29, 1.82) is 0 Å². The van der Waals surface area contributed by atoms with E-state index in [4.69, 9.17) is 34.8 Å². The second kappa shape index (κ2) is 14.1. The molecule has 0 heterocycles. The summed E-state index contributed by atoms with van der Waals surface area (Å²) in [5.74, 6) is -0.854. The molecular weight excluding hydrogens is 624 g/mol. The third kappa shape index (κ3) is 11.3. The quantitative estimate of drug-likeness (QED) is 0.160. The number of ether oxygens (including phenoxy) is 3. The maximum Gasteiger partial charge on any atom is 0.397 e. The molecule has 0 unspecified atom stereocenters. The summed E-state index contributed by atoms with van der Waals surface area (Å²) in [7, 11) is -13.1. The highest BCUT2D eigenvalue weighted by atomic mass is 32.3. The number of nitrogens with two attached hydrogens (primary N) is 2. The van der Waals surface area contributed by atoms with Gasteiger partial charge in [0.2, 0.25) is 0 Å². The average Bonchev–Trinajstić information content (AvgIpc) is 2.82. The van der Waals surface area contributed by atoms with Crippen molar-refractivity contribution in [3.63, 3.8) is 0 Å². The molecule has 0 aliphatic rings. The van der Waals surface area contributed by atoms with Gasteiger partial charge in [0.15, 0.2) is 19.7 Å². The number of hydrogen-bond donors (Lipinski definition) is 4. The lowest BCUT2D eigenvalue weighted by atomic mass is 10.3. The fraction of sp³-hybridized carbons (Fsp3) is 0.368. The number of nitrogen functional groups attached to an aromatic ring is 2. The summed E-state index contributed by atoms with van der Waals surface area (Å²) in [5.41, 5.74) is 11.5. The van der Waals surface area contributed by atoms with Crippen LogP contribution < -0.4 is 25.7 Å². The smallest absolute Gasteiger partial charge is 0.397 e. The van der Waals surface area contributed by atoms with Gasteiger partial charge in [-0.1, -0.05) is 0 Å². The van der Waals surface area contributed by atoms with Crippen LogP contribution in [-0.4, -0.2) is 88.8 Å². The van der Waals surface area contributed by atoms with E-state index >= 15 is 0 Å². The molecule has 0 amide bonds. The van der Waals surface area contributed by atoms with Crippen LogP contribution >= 0.6 is 0 Å². The van der Waals surface area contributed by atoms with Gasteiger partial charge >= 0.3 is 20.8 Å². The zero-order chi connectivity index (χ0) is 30.9. The molecule has 228 valence electrons. The Morgan fingerprint density at radius 1 is 0.625 bits per heavy atom. The Morgan fingerprint density at radius 3 is 1.50 bits per heavy atom. The van der Waals surface area contributed by atoms with Crippen LogP contribution in [0.4, 0.5) is 11.4 Å². The van der Waals surface area contributed by atoms with Gasteiger partial charge in [0.25, 0.3) is 0 Å². The Balaban J connectivity index is 0.000000402. The van der Waals surface area contributed by atoms with E-state index in [1.54, 1.807) is 0 Å². The Hall–Kier alpha value is -2.92. The molecule has 0 atom stereocenters. The Kier molecular flexibility index (Phi) is 12.4. The number of rotatable bonds is 13. The fourth-order valence-electron chi connectivity index (χ4n) is 2.77. The van der Waals surface area contributed by atoms with Gasteiger partial charge in [0.1, 0.15) is 22.1 Å². The molecule has 40 heavy (non-hydrogen) atoms. The lowest BCUT2D eigenvalue weighted by Crippen LogP contribution is -2.16.